The van der Waals surface area contributed by atoms with Crippen LogP contribution in [0.3, 0.4) is 0 Å². The van der Waals surface area contributed by atoms with Crippen molar-refractivity contribution >= 4 is 29.4 Å². The Morgan fingerprint density at radius 3 is 2.64 bits per heavy atom. The summed E-state index contributed by atoms with van der Waals surface area (Å²) in [6.07, 6.45) is 5.80. The number of fused-ring (bicyclic) bond motifs is 3. The predicted molar refractivity (Wildman–Crippen MR) is 151 cm³/mol. The van der Waals surface area contributed by atoms with E-state index in [-0.39, 0.29) is 24.3 Å². The molecule has 12 heteroatoms. The Labute approximate surface area is 241 Å². The third-order valence-corrected chi connectivity index (χ3v) is 6.98. The Kier molecular flexibility index (Phi) is 8.51. The zero-order valence-corrected chi connectivity index (χ0v) is 22.9. The van der Waals surface area contributed by atoms with E-state index in [0.717, 1.165) is 0 Å². The fourth-order valence-corrected chi connectivity index (χ4v) is 4.74. The maximum Gasteiger partial charge on any atom is 0.274 e. The number of nitrogens with one attached hydrogen (secondary N) is 3. The van der Waals surface area contributed by atoms with Crippen molar-refractivity contribution in [2.24, 2.45) is 0 Å². The van der Waals surface area contributed by atoms with Crippen molar-refractivity contribution in [2.45, 2.75) is 31.8 Å². The number of halogens is 1. The molecule has 4 aromatic rings. The minimum atomic E-state index is -1.03. The summed E-state index contributed by atoms with van der Waals surface area (Å²) in [6, 6.07) is 13.1. The Hall–Kier alpha value is -5.13. The molecule has 0 fully saturated rings. The van der Waals surface area contributed by atoms with Gasteiger partial charge < -0.3 is 20.9 Å². The van der Waals surface area contributed by atoms with Gasteiger partial charge in [0.15, 0.2) is 0 Å². The lowest BCUT2D eigenvalue weighted by atomic mass is 10.0. The molecule has 4 amide bonds. The van der Waals surface area contributed by atoms with Crippen LogP contribution in [0.2, 0.25) is 0 Å². The number of imidazole rings is 1. The number of amides is 4. The summed E-state index contributed by atoms with van der Waals surface area (Å²) < 4.78 is 16.1. The Balaban J connectivity index is 1.47. The standard InChI is InChI=1S/C30H30FN7O4/c1-19-27(40)35-24(21-8-3-2-4-9-21)16-38(29(42)25-17-37-14-6-13-33-30(37)36-25)18-26(39)32-12-5-7-20-10-11-23(31)22(15-20)28(41)34-19/h2-4,6,8-11,13-15,17,19,24H,5,7,12,16,18H2,1H3,(H,32,39)(H,34,41)(H,35,40)/t19-,24-/m1/s1. The third-order valence-electron chi connectivity index (χ3n) is 6.98. The molecule has 42 heavy (non-hydrogen) atoms. The van der Waals surface area contributed by atoms with E-state index in [0.29, 0.717) is 36.3 Å². The summed E-state index contributed by atoms with van der Waals surface area (Å²) in [4.78, 5) is 62.8. The van der Waals surface area contributed by atoms with Crippen molar-refractivity contribution in [3.8, 4) is 0 Å². The lowest BCUT2D eigenvalue weighted by molar-refractivity contribution is -0.123. The molecule has 3 heterocycles. The molecule has 0 spiro atoms. The summed E-state index contributed by atoms with van der Waals surface area (Å²) >= 11 is 0. The van der Waals surface area contributed by atoms with Gasteiger partial charge >= 0.3 is 0 Å². The quantitative estimate of drug-likeness (QED) is 0.337. The first kappa shape index (κ1) is 28.4. The van der Waals surface area contributed by atoms with E-state index in [1.165, 1.54) is 30.2 Å². The second kappa shape index (κ2) is 12.6. The van der Waals surface area contributed by atoms with E-state index in [2.05, 4.69) is 25.9 Å². The van der Waals surface area contributed by atoms with Gasteiger partial charge in [0.2, 0.25) is 17.6 Å². The summed E-state index contributed by atoms with van der Waals surface area (Å²) in [6.45, 7) is 1.44. The Bertz CT molecular complexity index is 1590. The van der Waals surface area contributed by atoms with Crippen LogP contribution in [-0.4, -0.2) is 68.6 Å². The first-order chi connectivity index (χ1) is 20.3. The maximum atomic E-state index is 14.5. The van der Waals surface area contributed by atoms with Crippen LogP contribution in [0.5, 0.6) is 0 Å². The largest absolute Gasteiger partial charge is 0.355 e. The fourth-order valence-electron chi connectivity index (χ4n) is 4.74. The smallest absolute Gasteiger partial charge is 0.274 e. The highest BCUT2D eigenvalue weighted by molar-refractivity contribution is 5.98. The average molecular weight is 572 g/mol. The van der Waals surface area contributed by atoms with Gasteiger partial charge in [0.1, 0.15) is 17.6 Å². The van der Waals surface area contributed by atoms with E-state index in [1.54, 1.807) is 53.2 Å². The topological polar surface area (TPSA) is 138 Å². The molecule has 3 N–H and O–H groups in total. The van der Waals surface area contributed by atoms with Gasteiger partial charge in [-0.25, -0.2) is 14.4 Å². The summed E-state index contributed by atoms with van der Waals surface area (Å²) in [5.41, 5.74) is 1.31. The molecule has 11 nitrogen and oxygen atoms in total. The third kappa shape index (κ3) is 6.60. The molecule has 0 aliphatic carbocycles. The van der Waals surface area contributed by atoms with Crippen LogP contribution < -0.4 is 16.0 Å². The molecule has 0 saturated heterocycles. The summed E-state index contributed by atoms with van der Waals surface area (Å²) in [5.74, 6) is -2.55. The Morgan fingerprint density at radius 2 is 1.86 bits per heavy atom. The van der Waals surface area contributed by atoms with Crippen molar-refractivity contribution in [2.75, 3.05) is 19.6 Å². The zero-order chi connectivity index (χ0) is 29.6. The number of benzene rings is 2. The van der Waals surface area contributed by atoms with Gasteiger partial charge in [-0.1, -0.05) is 36.4 Å². The van der Waals surface area contributed by atoms with E-state index in [1.807, 2.05) is 6.07 Å². The molecule has 1 aliphatic heterocycles. The number of rotatable bonds is 2. The molecular weight excluding hydrogens is 541 g/mol. The lowest BCUT2D eigenvalue weighted by Crippen LogP contribution is -2.49. The normalized spacial score (nSPS) is 19.0. The van der Waals surface area contributed by atoms with Crippen LogP contribution in [0, 0.1) is 5.82 Å². The van der Waals surface area contributed by atoms with E-state index < -0.39 is 41.5 Å². The number of carbonyl (C=O) groups is 4. The molecule has 2 aromatic carbocycles. The van der Waals surface area contributed by atoms with Crippen LogP contribution in [0.4, 0.5) is 4.39 Å². The highest BCUT2D eigenvalue weighted by atomic mass is 19.1. The molecule has 5 rings (SSSR count). The minimum Gasteiger partial charge on any atom is -0.355 e. The highest BCUT2D eigenvalue weighted by Gasteiger charge is 2.28. The molecule has 216 valence electrons. The van der Waals surface area contributed by atoms with Gasteiger partial charge in [-0.05, 0) is 49.1 Å². The van der Waals surface area contributed by atoms with Crippen LogP contribution in [-0.2, 0) is 16.0 Å². The second-order valence-electron chi connectivity index (χ2n) is 10.1. The number of hydrogen-bond donors (Lipinski definition) is 3. The Morgan fingerprint density at radius 1 is 1.05 bits per heavy atom. The van der Waals surface area contributed by atoms with Gasteiger partial charge in [-0.2, -0.15) is 0 Å². The van der Waals surface area contributed by atoms with Crippen molar-refractivity contribution < 1.29 is 23.6 Å². The van der Waals surface area contributed by atoms with Crippen molar-refractivity contribution in [1.29, 1.82) is 0 Å². The number of nitrogens with zero attached hydrogens (tertiary/aromatic N) is 4. The molecular formula is C30H30FN7O4. The second-order valence-corrected chi connectivity index (χ2v) is 10.1. The number of carbonyl (C=O) groups excluding carboxylic acids is 4. The molecule has 2 bridgehead atoms. The number of hydrogen-bond acceptors (Lipinski definition) is 6. The highest BCUT2D eigenvalue weighted by Crippen LogP contribution is 2.18. The predicted octanol–water partition coefficient (Wildman–Crippen LogP) is 2.05. The van der Waals surface area contributed by atoms with Gasteiger partial charge in [0, 0.05) is 31.7 Å². The van der Waals surface area contributed by atoms with Crippen molar-refractivity contribution in [3.63, 3.8) is 0 Å². The summed E-state index contributed by atoms with van der Waals surface area (Å²) in [5, 5.41) is 8.28. The number of aromatic nitrogens is 3. The van der Waals surface area contributed by atoms with Gasteiger partial charge in [0.05, 0.1) is 18.2 Å². The lowest BCUT2D eigenvalue weighted by Gasteiger charge is -2.29. The zero-order valence-electron chi connectivity index (χ0n) is 22.9. The molecule has 0 radical (unpaired) electrons. The molecule has 2 aromatic heterocycles. The van der Waals surface area contributed by atoms with E-state index in [9.17, 15) is 23.6 Å². The fraction of sp³-hybridized carbons (Fsp3) is 0.267. The molecule has 2 atom stereocenters. The van der Waals surface area contributed by atoms with Gasteiger partial charge in [0.25, 0.3) is 11.8 Å². The minimum absolute atomic E-state index is 0.0701. The van der Waals surface area contributed by atoms with Crippen LogP contribution in [0.25, 0.3) is 5.78 Å². The maximum absolute atomic E-state index is 14.5. The molecule has 1 aliphatic rings. The van der Waals surface area contributed by atoms with Crippen LogP contribution in [0.15, 0.2) is 73.2 Å². The summed E-state index contributed by atoms with van der Waals surface area (Å²) in [7, 11) is 0. The van der Waals surface area contributed by atoms with E-state index >= 15 is 0 Å². The first-order valence-electron chi connectivity index (χ1n) is 13.6. The van der Waals surface area contributed by atoms with Gasteiger partial charge in [-0.15, -0.1) is 0 Å². The van der Waals surface area contributed by atoms with E-state index in [4.69, 9.17) is 0 Å². The number of aryl methyl sites for hydroxylation is 1. The van der Waals surface area contributed by atoms with Crippen LogP contribution >= 0.6 is 0 Å². The van der Waals surface area contributed by atoms with Crippen molar-refractivity contribution in [1.82, 2.24) is 35.2 Å². The SMILES string of the molecule is C[C@H]1NC(=O)c2cc(ccc2F)CCCNC(=O)CN(C(=O)c2cn3cccnc3n2)C[C@H](c2ccccc2)NC1=O. The molecule has 0 unspecified atom stereocenters. The van der Waals surface area contributed by atoms with Crippen molar-refractivity contribution in [3.05, 3.63) is 101 Å². The average Bonchev–Trinajstić information content (AvgIpc) is 3.43. The van der Waals surface area contributed by atoms with Crippen LogP contribution in [0.1, 0.15) is 51.4 Å². The van der Waals surface area contributed by atoms with Gasteiger partial charge in [-0.3, -0.25) is 23.6 Å². The first-order valence-corrected chi connectivity index (χ1v) is 13.6. The molecule has 0 saturated carbocycles. The monoisotopic (exact) mass is 571 g/mol.